The number of amides is 3. The van der Waals surface area contributed by atoms with Gasteiger partial charge in [-0.1, -0.05) is 24.6 Å². The standard InChI is InChI=1S/C18H25N3O2/c1-14-5-7-16(8-6-14)21-11-10-20(18(21)23)13-17(22)19-9-3-4-15(2)12-19/h5-8,15H,3-4,9-13H2,1-2H3. The Morgan fingerprint density at radius 1 is 1.17 bits per heavy atom. The maximum Gasteiger partial charge on any atom is 0.325 e. The minimum Gasteiger partial charge on any atom is -0.341 e. The highest BCUT2D eigenvalue weighted by Gasteiger charge is 2.32. The molecule has 2 saturated heterocycles. The van der Waals surface area contributed by atoms with Crippen molar-refractivity contribution in [2.75, 3.05) is 37.6 Å². The van der Waals surface area contributed by atoms with Crippen LogP contribution < -0.4 is 4.90 Å². The molecule has 1 aromatic rings. The lowest BCUT2D eigenvalue weighted by Gasteiger charge is -2.32. The molecule has 3 rings (SSSR count). The molecular weight excluding hydrogens is 290 g/mol. The number of rotatable bonds is 3. The fourth-order valence-corrected chi connectivity index (χ4v) is 3.37. The molecule has 0 spiro atoms. The van der Waals surface area contributed by atoms with Gasteiger partial charge in [0.05, 0.1) is 0 Å². The zero-order valence-electron chi connectivity index (χ0n) is 14.0. The second-order valence-corrected chi connectivity index (χ2v) is 6.78. The Kier molecular flexibility index (Phi) is 4.55. The summed E-state index contributed by atoms with van der Waals surface area (Å²) >= 11 is 0. The molecule has 2 heterocycles. The van der Waals surface area contributed by atoms with Gasteiger partial charge in [-0.25, -0.2) is 4.79 Å². The van der Waals surface area contributed by atoms with Crippen molar-refractivity contribution in [3.05, 3.63) is 29.8 Å². The van der Waals surface area contributed by atoms with Crippen LogP contribution in [0.5, 0.6) is 0 Å². The summed E-state index contributed by atoms with van der Waals surface area (Å²) in [6, 6.07) is 7.87. The SMILES string of the molecule is Cc1ccc(N2CCN(CC(=O)N3CCCC(C)C3)C2=O)cc1. The van der Waals surface area contributed by atoms with E-state index in [9.17, 15) is 9.59 Å². The smallest absolute Gasteiger partial charge is 0.325 e. The van der Waals surface area contributed by atoms with E-state index in [1.807, 2.05) is 36.1 Å². The van der Waals surface area contributed by atoms with E-state index in [1.165, 1.54) is 12.0 Å². The van der Waals surface area contributed by atoms with Crippen molar-refractivity contribution in [1.82, 2.24) is 9.80 Å². The lowest BCUT2D eigenvalue weighted by molar-refractivity contribution is -0.133. The first kappa shape index (κ1) is 15.8. The van der Waals surface area contributed by atoms with Crippen molar-refractivity contribution in [3.8, 4) is 0 Å². The molecule has 2 aliphatic rings. The highest BCUT2D eigenvalue weighted by atomic mass is 16.2. The number of piperidine rings is 1. The van der Waals surface area contributed by atoms with Crippen LogP contribution in [0.25, 0.3) is 0 Å². The second kappa shape index (κ2) is 6.60. The van der Waals surface area contributed by atoms with Crippen LogP contribution in [0.15, 0.2) is 24.3 Å². The summed E-state index contributed by atoms with van der Waals surface area (Å²) in [6.07, 6.45) is 2.25. The topological polar surface area (TPSA) is 43.9 Å². The average molecular weight is 315 g/mol. The zero-order valence-corrected chi connectivity index (χ0v) is 14.0. The maximum absolute atomic E-state index is 12.6. The Morgan fingerprint density at radius 2 is 1.91 bits per heavy atom. The van der Waals surface area contributed by atoms with E-state index in [0.29, 0.717) is 19.0 Å². The molecule has 3 amide bonds. The highest BCUT2D eigenvalue weighted by Crippen LogP contribution is 2.21. The molecule has 2 aliphatic heterocycles. The second-order valence-electron chi connectivity index (χ2n) is 6.78. The first-order valence-electron chi connectivity index (χ1n) is 8.45. The number of hydrogen-bond acceptors (Lipinski definition) is 2. The number of anilines is 1. The Bertz CT molecular complexity index is 584. The number of urea groups is 1. The van der Waals surface area contributed by atoms with Crippen LogP contribution in [0.3, 0.4) is 0 Å². The van der Waals surface area contributed by atoms with Crippen LogP contribution in [-0.2, 0) is 4.79 Å². The van der Waals surface area contributed by atoms with E-state index in [1.54, 1.807) is 9.80 Å². The van der Waals surface area contributed by atoms with Gasteiger partial charge in [0, 0.05) is 31.9 Å². The van der Waals surface area contributed by atoms with Gasteiger partial charge >= 0.3 is 6.03 Å². The van der Waals surface area contributed by atoms with Crippen molar-refractivity contribution in [2.24, 2.45) is 5.92 Å². The quantitative estimate of drug-likeness (QED) is 0.860. The fourth-order valence-electron chi connectivity index (χ4n) is 3.37. The summed E-state index contributed by atoms with van der Waals surface area (Å²) in [5.74, 6) is 0.640. The average Bonchev–Trinajstić information content (AvgIpc) is 2.89. The van der Waals surface area contributed by atoms with Gasteiger partial charge in [-0.15, -0.1) is 0 Å². The van der Waals surface area contributed by atoms with Crippen molar-refractivity contribution in [2.45, 2.75) is 26.7 Å². The van der Waals surface area contributed by atoms with Crippen molar-refractivity contribution < 1.29 is 9.59 Å². The van der Waals surface area contributed by atoms with E-state index in [-0.39, 0.29) is 18.5 Å². The number of benzene rings is 1. The number of nitrogens with zero attached hydrogens (tertiary/aromatic N) is 3. The van der Waals surface area contributed by atoms with Crippen molar-refractivity contribution in [3.63, 3.8) is 0 Å². The number of hydrogen-bond donors (Lipinski definition) is 0. The first-order valence-corrected chi connectivity index (χ1v) is 8.45. The van der Waals surface area contributed by atoms with Crippen LogP contribution in [0, 0.1) is 12.8 Å². The predicted octanol–water partition coefficient (Wildman–Crippen LogP) is 2.50. The van der Waals surface area contributed by atoms with Crippen molar-refractivity contribution in [1.29, 1.82) is 0 Å². The fraction of sp³-hybridized carbons (Fsp3) is 0.556. The Hall–Kier alpha value is -2.04. The zero-order chi connectivity index (χ0) is 16.4. The van der Waals surface area contributed by atoms with Gasteiger partial charge in [0.25, 0.3) is 0 Å². The van der Waals surface area contributed by atoms with Gasteiger partial charge in [-0.2, -0.15) is 0 Å². The molecule has 5 heteroatoms. The van der Waals surface area contributed by atoms with Crippen LogP contribution in [0.1, 0.15) is 25.3 Å². The summed E-state index contributed by atoms with van der Waals surface area (Å²) in [6.45, 7) is 7.32. The van der Waals surface area contributed by atoms with Crippen LogP contribution in [0.2, 0.25) is 0 Å². The number of aryl methyl sites for hydroxylation is 1. The number of carbonyl (C=O) groups is 2. The maximum atomic E-state index is 12.6. The van der Waals surface area contributed by atoms with Crippen molar-refractivity contribution >= 4 is 17.6 Å². The van der Waals surface area contributed by atoms with E-state index >= 15 is 0 Å². The highest BCUT2D eigenvalue weighted by molar-refractivity contribution is 5.96. The molecule has 23 heavy (non-hydrogen) atoms. The lowest BCUT2D eigenvalue weighted by Crippen LogP contribution is -2.45. The van der Waals surface area contributed by atoms with Gasteiger partial charge in [0.2, 0.25) is 5.91 Å². The summed E-state index contributed by atoms with van der Waals surface area (Å²) in [7, 11) is 0. The summed E-state index contributed by atoms with van der Waals surface area (Å²) < 4.78 is 0. The lowest BCUT2D eigenvalue weighted by atomic mass is 10.0. The van der Waals surface area contributed by atoms with Gasteiger partial charge < -0.3 is 9.80 Å². The Labute approximate surface area is 137 Å². The number of likely N-dealkylation sites (tertiary alicyclic amines) is 1. The molecule has 0 radical (unpaired) electrons. The molecule has 0 bridgehead atoms. The third kappa shape index (κ3) is 3.49. The molecule has 0 N–H and O–H groups in total. The molecule has 0 aliphatic carbocycles. The minimum atomic E-state index is -0.0627. The third-order valence-corrected chi connectivity index (χ3v) is 4.78. The van der Waals surface area contributed by atoms with E-state index in [2.05, 4.69) is 6.92 Å². The largest absolute Gasteiger partial charge is 0.341 e. The molecule has 2 fully saturated rings. The molecule has 1 atom stereocenters. The van der Waals surface area contributed by atoms with E-state index in [0.717, 1.165) is 25.2 Å². The Morgan fingerprint density at radius 3 is 2.61 bits per heavy atom. The summed E-state index contributed by atoms with van der Waals surface area (Å²) in [4.78, 5) is 30.3. The van der Waals surface area contributed by atoms with E-state index < -0.39 is 0 Å². The molecule has 1 aromatic carbocycles. The monoisotopic (exact) mass is 315 g/mol. The third-order valence-electron chi connectivity index (χ3n) is 4.78. The van der Waals surface area contributed by atoms with Crippen LogP contribution in [0.4, 0.5) is 10.5 Å². The molecule has 5 nitrogen and oxygen atoms in total. The van der Waals surface area contributed by atoms with Gasteiger partial charge in [0.15, 0.2) is 0 Å². The molecule has 124 valence electrons. The molecule has 0 aromatic heterocycles. The molecule has 1 unspecified atom stereocenters. The van der Waals surface area contributed by atoms with E-state index in [4.69, 9.17) is 0 Å². The minimum absolute atomic E-state index is 0.0627. The predicted molar refractivity (Wildman–Crippen MR) is 90.5 cm³/mol. The Balaban J connectivity index is 1.60. The molecular formula is C18H25N3O2. The van der Waals surface area contributed by atoms with Gasteiger partial charge in [-0.3, -0.25) is 9.69 Å². The van der Waals surface area contributed by atoms with Crippen LogP contribution >= 0.6 is 0 Å². The summed E-state index contributed by atoms with van der Waals surface area (Å²) in [5, 5.41) is 0. The van der Waals surface area contributed by atoms with Crippen LogP contribution in [-0.4, -0.2) is 54.5 Å². The normalized spacial score (nSPS) is 21.9. The van der Waals surface area contributed by atoms with Gasteiger partial charge in [0.1, 0.15) is 6.54 Å². The number of carbonyl (C=O) groups excluding carboxylic acids is 2. The molecule has 0 saturated carbocycles. The summed E-state index contributed by atoms with van der Waals surface area (Å²) in [5.41, 5.74) is 2.08. The van der Waals surface area contributed by atoms with Gasteiger partial charge in [-0.05, 0) is 37.8 Å². The first-order chi connectivity index (χ1) is 11.0.